The topological polar surface area (TPSA) is 0 Å². The number of hydrogen-bond donors (Lipinski definition) is 0. The second-order valence-corrected chi connectivity index (χ2v) is 5.25. The molecular weight excluding hydrogens is 211 g/mol. The number of halogens is 1. The molecule has 2 aromatic carbocycles. The van der Waals surface area contributed by atoms with Crippen LogP contribution < -0.4 is 0 Å². The average molecular weight is 226 g/mol. The molecule has 0 bridgehead atoms. The minimum atomic E-state index is -0.281. The van der Waals surface area contributed by atoms with Crippen LogP contribution in [0.5, 0.6) is 0 Å². The summed E-state index contributed by atoms with van der Waals surface area (Å²) in [5, 5.41) is 1.86. The van der Waals surface area contributed by atoms with Crippen LogP contribution in [0.3, 0.4) is 0 Å². The highest BCUT2D eigenvalue weighted by Crippen LogP contribution is 2.32. The molecule has 0 aliphatic rings. The third kappa shape index (κ3) is 2.03. The Morgan fingerprint density at radius 2 is 1.88 bits per heavy atom. The zero-order valence-corrected chi connectivity index (χ0v) is 10.3. The lowest BCUT2D eigenvalue weighted by Crippen LogP contribution is -2.12. The van der Waals surface area contributed by atoms with Gasteiger partial charge in [0.05, 0.1) is 0 Å². The van der Waals surface area contributed by atoms with E-state index < -0.39 is 0 Å². The molecule has 0 unspecified atom stereocenters. The Labute approximate surface area is 101 Å². The highest BCUT2D eigenvalue weighted by molar-refractivity contribution is 5.92. The Kier molecular flexibility index (Phi) is 2.67. The summed E-state index contributed by atoms with van der Waals surface area (Å²) in [4.78, 5) is 0. The lowest BCUT2D eigenvalue weighted by Gasteiger charge is -2.22. The molecule has 0 aromatic heterocycles. The van der Waals surface area contributed by atoms with E-state index in [2.05, 4.69) is 32.8 Å². The Morgan fingerprint density at radius 3 is 2.47 bits per heavy atom. The van der Waals surface area contributed by atoms with E-state index in [0.717, 1.165) is 16.3 Å². The van der Waals surface area contributed by atoms with Gasteiger partial charge in [-0.05, 0) is 28.5 Å². The maximum absolute atomic E-state index is 13.4. The normalized spacial score (nSPS) is 11.5. The van der Waals surface area contributed by atoms with Gasteiger partial charge >= 0.3 is 0 Å². The van der Waals surface area contributed by atoms with E-state index in [9.17, 15) is 4.39 Å². The van der Waals surface area contributed by atoms with Crippen molar-refractivity contribution < 1.29 is 4.39 Å². The lowest BCUT2D eigenvalue weighted by atomic mass is 9.82. The van der Waals surface area contributed by atoms with Gasteiger partial charge in [-0.1, -0.05) is 44.9 Å². The predicted molar refractivity (Wildman–Crippen MR) is 70.5 cm³/mol. The van der Waals surface area contributed by atoms with E-state index in [0.29, 0.717) is 5.56 Å². The molecular formula is C16H15F. The van der Waals surface area contributed by atoms with Crippen LogP contribution in [0.1, 0.15) is 31.9 Å². The molecule has 0 heterocycles. The zero-order valence-electron chi connectivity index (χ0n) is 10.3. The summed E-state index contributed by atoms with van der Waals surface area (Å²) in [5.74, 6) is 2.30. The van der Waals surface area contributed by atoms with Crippen LogP contribution in [0.2, 0.25) is 0 Å². The molecule has 86 valence electrons. The Bertz CT molecular complexity index is 610. The maximum atomic E-state index is 13.4. The van der Waals surface area contributed by atoms with Crippen molar-refractivity contribution in [2.45, 2.75) is 26.2 Å². The molecule has 0 spiro atoms. The molecule has 0 nitrogen and oxygen atoms in total. The van der Waals surface area contributed by atoms with Crippen LogP contribution in [0.25, 0.3) is 10.8 Å². The summed E-state index contributed by atoms with van der Waals surface area (Å²) >= 11 is 0. The summed E-state index contributed by atoms with van der Waals surface area (Å²) in [7, 11) is 0. The third-order valence-corrected chi connectivity index (χ3v) is 2.91. The molecule has 17 heavy (non-hydrogen) atoms. The van der Waals surface area contributed by atoms with E-state index in [1.165, 1.54) is 12.1 Å². The first-order valence-electron chi connectivity index (χ1n) is 5.63. The van der Waals surface area contributed by atoms with Gasteiger partial charge in [0, 0.05) is 10.9 Å². The average Bonchev–Trinajstić information content (AvgIpc) is 2.25. The second kappa shape index (κ2) is 3.89. The molecule has 1 heteroatoms. The van der Waals surface area contributed by atoms with Gasteiger partial charge in [0.2, 0.25) is 0 Å². The van der Waals surface area contributed by atoms with Gasteiger partial charge in [-0.3, -0.25) is 0 Å². The quantitative estimate of drug-likeness (QED) is 0.589. The van der Waals surface area contributed by atoms with Crippen LogP contribution in [0.15, 0.2) is 30.3 Å². The Hall–Kier alpha value is -1.81. The Morgan fingerprint density at radius 1 is 1.18 bits per heavy atom. The first-order chi connectivity index (χ1) is 7.93. The van der Waals surface area contributed by atoms with Crippen molar-refractivity contribution in [3.63, 3.8) is 0 Å². The first-order valence-corrected chi connectivity index (χ1v) is 5.63. The Balaban J connectivity index is 2.94. The van der Waals surface area contributed by atoms with E-state index in [1.54, 1.807) is 0 Å². The fraction of sp³-hybridized carbons (Fsp3) is 0.250. The van der Waals surface area contributed by atoms with Gasteiger partial charge in [0.25, 0.3) is 0 Å². The lowest BCUT2D eigenvalue weighted by molar-refractivity contribution is 0.595. The zero-order chi connectivity index (χ0) is 12.6. The first kappa shape index (κ1) is 11.7. The molecule has 0 saturated heterocycles. The van der Waals surface area contributed by atoms with Gasteiger partial charge in [0.1, 0.15) is 5.82 Å². The molecule has 0 atom stereocenters. The van der Waals surface area contributed by atoms with E-state index in [4.69, 9.17) is 6.42 Å². The third-order valence-electron chi connectivity index (χ3n) is 2.91. The van der Waals surface area contributed by atoms with Crippen LogP contribution in [0, 0.1) is 18.2 Å². The van der Waals surface area contributed by atoms with Crippen LogP contribution in [-0.4, -0.2) is 0 Å². The number of hydrogen-bond acceptors (Lipinski definition) is 0. The SMILES string of the molecule is C#Cc1cc(F)cc2cccc(C(C)(C)C)c12. The molecule has 0 fully saturated rings. The van der Waals surface area contributed by atoms with Gasteiger partial charge in [-0.25, -0.2) is 4.39 Å². The standard InChI is InChI=1S/C16H15F/c1-5-11-9-13(17)10-12-7-6-8-14(15(11)12)16(2,3)4/h1,6-10H,2-4H3. The van der Waals surface area contributed by atoms with Crippen molar-refractivity contribution in [3.05, 3.63) is 47.3 Å². The molecule has 0 aliphatic carbocycles. The molecule has 0 radical (unpaired) electrons. The molecule has 0 amide bonds. The largest absolute Gasteiger partial charge is 0.207 e. The van der Waals surface area contributed by atoms with Crippen molar-refractivity contribution in [3.8, 4) is 12.3 Å². The molecule has 0 aliphatic heterocycles. The van der Waals surface area contributed by atoms with Crippen molar-refractivity contribution in [2.24, 2.45) is 0 Å². The fourth-order valence-corrected chi connectivity index (χ4v) is 2.13. The minimum absolute atomic E-state index is 0.0110. The van der Waals surface area contributed by atoms with Gasteiger partial charge in [-0.2, -0.15) is 0 Å². The molecule has 2 aromatic rings. The summed E-state index contributed by atoms with van der Waals surface area (Å²) < 4.78 is 13.4. The smallest absolute Gasteiger partial charge is 0.125 e. The highest BCUT2D eigenvalue weighted by Gasteiger charge is 2.18. The van der Waals surface area contributed by atoms with Crippen molar-refractivity contribution in [1.82, 2.24) is 0 Å². The number of terminal acetylenes is 1. The van der Waals surface area contributed by atoms with Crippen LogP contribution in [0.4, 0.5) is 4.39 Å². The summed E-state index contributed by atoms with van der Waals surface area (Å²) in [6.07, 6.45) is 5.48. The highest BCUT2D eigenvalue weighted by atomic mass is 19.1. The maximum Gasteiger partial charge on any atom is 0.125 e. The van der Waals surface area contributed by atoms with Crippen molar-refractivity contribution in [1.29, 1.82) is 0 Å². The number of rotatable bonds is 0. The van der Waals surface area contributed by atoms with Crippen LogP contribution >= 0.6 is 0 Å². The predicted octanol–water partition coefficient (Wildman–Crippen LogP) is 4.26. The monoisotopic (exact) mass is 226 g/mol. The summed E-state index contributed by atoms with van der Waals surface area (Å²) in [5.41, 5.74) is 1.77. The molecule has 2 rings (SSSR count). The van der Waals surface area contributed by atoms with Crippen LogP contribution in [-0.2, 0) is 5.41 Å². The number of fused-ring (bicyclic) bond motifs is 1. The van der Waals surface area contributed by atoms with E-state index in [1.807, 2.05) is 12.1 Å². The van der Waals surface area contributed by atoms with Gasteiger partial charge in [-0.15, -0.1) is 6.42 Å². The summed E-state index contributed by atoms with van der Waals surface area (Å²) in [6, 6.07) is 8.86. The van der Waals surface area contributed by atoms with E-state index in [-0.39, 0.29) is 11.2 Å². The van der Waals surface area contributed by atoms with Crippen molar-refractivity contribution >= 4 is 10.8 Å². The molecule has 0 N–H and O–H groups in total. The van der Waals surface area contributed by atoms with Gasteiger partial charge < -0.3 is 0 Å². The summed E-state index contributed by atoms with van der Waals surface area (Å²) in [6.45, 7) is 6.39. The van der Waals surface area contributed by atoms with E-state index >= 15 is 0 Å². The minimum Gasteiger partial charge on any atom is -0.207 e. The van der Waals surface area contributed by atoms with Crippen molar-refractivity contribution in [2.75, 3.05) is 0 Å². The second-order valence-electron chi connectivity index (χ2n) is 5.25. The molecule has 0 saturated carbocycles. The van der Waals surface area contributed by atoms with Gasteiger partial charge in [0.15, 0.2) is 0 Å². The number of benzene rings is 2. The fourth-order valence-electron chi connectivity index (χ4n) is 2.13.